The Balaban J connectivity index is 3.93. The molecule has 0 aromatic heterocycles. The molecule has 14 heavy (non-hydrogen) atoms. The molecule has 0 saturated carbocycles. The van der Waals surface area contributed by atoms with Crippen LogP contribution in [0, 0.1) is 5.92 Å². The Kier molecular flexibility index (Phi) is 5.77. The molecule has 1 amide bonds. The maximum atomic E-state index is 11.6. The predicted molar refractivity (Wildman–Crippen MR) is 58.0 cm³/mol. The van der Waals surface area contributed by atoms with Crippen molar-refractivity contribution in [1.82, 2.24) is 5.32 Å². The summed E-state index contributed by atoms with van der Waals surface area (Å²) in [5.41, 5.74) is -0.819. The average Bonchev–Trinajstić information content (AvgIpc) is 2.09. The highest BCUT2D eigenvalue weighted by molar-refractivity contribution is 5.78. The molecule has 0 aliphatic rings. The molecule has 0 rings (SSSR count). The van der Waals surface area contributed by atoms with Crippen LogP contribution < -0.4 is 5.32 Å². The van der Waals surface area contributed by atoms with Gasteiger partial charge in [0.25, 0.3) is 0 Å². The standard InChI is InChI=1S/C11H23NO2/c1-5-7-9(6-2)10(13)12-8-11(3,4)14/h9,14H,5-8H2,1-4H3,(H,12,13)/t9-/m1/s1. The van der Waals surface area contributed by atoms with Gasteiger partial charge < -0.3 is 10.4 Å². The van der Waals surface area contributed by atoms with Crippen LogP contribution in [-0.2, 0) is 4.79 Å². The molecule has 0 spiro atoms. The first-order valence-electron chi connectivity index (χ1n) is 5.40. The van der Waals surface area contributed by atoms with Crippen molar-refractivity contribution in [2.45, 2.75) is 52.6 Å². The summed E-state index contributed by atoms with van der Waals surface area (Å²) in [5.74, 6) is 0.166. The number of carbonyl (C=O) groups is 1. The molecule has 1 atom stereocenters. The number of amides is 1. The molecule has 0 heterocycles. The Morgan fingerprint density at radius 3 is 2.36 bits per heavy atom. The van der Waals surface area contributed by atoms with Crippen LogP contribution in [-0.4, -0.2) is 23.2 Å². The lowest BCUT2D eigenvalue weighted by molar-refractivity contribution is -0.126. The molecular formula is C11H23NO2. The molecule has 0 aromatic rings. The molecule has 84 valence electrons. The van der Waals surface area contributed by atoms with Gasteiger partial charge in [0, 0.05) is 12.5 Å². The van der Waals surface area contributed by atoms with Crippen LogP contribution in [0.1, 0.15) is 47.0 Å². The van der Waals surface area contributed by atoms with Gasteiger partial charge in [0.15, 0.2) is 0 Å². The summed E-state index contributed by atoms with van der Waals surface area (Å²) >= 11 is 0. The lowest BCUT2D eigenvalue weighted by Gasteiger charge is -2.20. The first kappa shape index (κ1) is 13.4. The van der Waals surface area contributed by atoms with E-state index in [1.807, 2.05) is 6.92 Å². The van der Waals surface area contributed by atoms with Crippen LogP contribution in [0.15, 0.2) is 0 Å². The van der Waals surface area contributed by atoms with E-state index in [9.17, 15) is 9.90 Å². The Morgan fingerprint density at radius 1 is 1.43 bits per heavy atom. The first-order chi connectivity index (χ1) is 6.40. The van der Waals surface area contributed by atoms with Gasteiger partial charge in [0.05, 0.1) is 5.60 Å². The highest BCUT2D eigenvalue weighted by Gasteiger charge is 2.18. The van der Waals surface area contributed by atoms with Gasteiger partial charge in [0.2, 0.25) is 5.91 Å². The summed E-state index contributed by atoms with van der Waals surface area (Å²) in [4.78, 5) is 11.6. The SMILES string of the molecule is CCC[C@@H](CC)C(=O)NCC(C)(C)O. The van der Waals surface area contributed by atoms with Gasteiger partial charge in [-0.3, -0.25) is 4.79 Å². The summed E-state index contributed by atoms with van der Waals surface area (Å²) in [7, 11) is 0. The quantitative estimate of drug-likeness (QED) is 0.687. The minimum absolute atomic E-state index is 0.0662. The predicted octanol–water partition coefficient (Wildman–Crippen LogP) is 1.70. The summed E-state index contributed by atoms with van der Waals surface area (Å²) in [6, 6.07) is 0. The fourth-order valence-corrected chi connectivity index (χ4v) is 1.32. The number of carbonyl (C=O) groups excluding carboxylic acids is 1. The Labute approximate surface area is 86.9 Å². The Morgan fingerprint density at radius 2 is 2.00 bits per heavy atom. The van der Waals surface area contributed by atoms with E-state index in [-0.39, 0.29) is 11.8 Å². The molecular weight excluding hydrogens is 178 g/mol. The molecule has 0 aliphatic heterocycles. The summed E-state index contributed by atoms with van der Waals surface area (Å²) in [6.07, 6.45) is 2.81. The van der Waals surface area contributed by atoms with Gasteiger partial charge in [-0.1, -0.05) is 20.3 Å². The summed E-state index contributed by atoms with van der Waals surface area (Å²) in [6.45, 7) is 7.80. The zero-order valence-electron chi connectivity index (χ0n) is 9.76. The lowest BCUT2D eigenvalue weighted by atomic mass is 9.99. The van der Waals surface area contributed by atoms with Gasteiger partial charge in [-0.25, -0.2) is 0 Å². The van der Waals surface area contributed by atoms with Crippen molar-refractivity contribution in [3.63, 3.8) is 0 Å². The summed E-state index contributed by atoms with van der Waals surface area (Å²) < 4.78 is 0. The number of aliphatic hydroxyl groups is 1. The number of hydrogen-bond donors (Lipinski definition) is 2. The highest BCUT2D eigenvalue weighted by atomic mass is 16.3. The van der Waals surface area contributed by atoms with Crippen molar-refractivity contribution >= 4 is 5.91 Å². The van der Waals surface area contributed by atoms with Crippen molar-refractivity contribution < 1.29 is 9.90 Å². The molecule has 0 aromatic carbocycles. The molecule has 0 unspecified atom stereocenters. The van der Waals surface area contributed by atoms with Gasteiger partial charge in [-0.05, 0) is 26.7 Å². The summed E-state index contributed by atoms with van der Waals surface area (Å²) in [5, 5.41) is 12.2. The van der Waals surface area contributed by atoms with Gasteiger partial charge in [-0.2, -0.15) is 0 Å². The minimum Gasteiger partial charge on any atom is -0.389 e. The van der Waals surface area contributed by atoms with Crippen LogP contribution in [0.3, 0.4) is 0 Å². The minimum atomic E-state index is -0.819. The lowest BCUT2D eigenvalue weighted by Crippen LogP contribution is -2.40. The smallest absolute Gasteiger partial charge is 0.223 e. The molecule has 0 fully saturated rings. The van der Waals surface area contributed by atoms with Crippen LogP contribution >= 0.6 is 0 Å². The largest absolute Gasteiger partial charge is 0.389 e. The number of hydrogen-bond acceptors (Lipinski definition) is 2. The average molecular weight is 201 g/mol. The van der Waals surface area contributed by atoms with E-state index in [4.69, 9.17) is 0 Å². The van der Waals surface area contributed by atoms with Gasteiger partial charge in [0.1, 0.15) is 0 Å². The van der Waals surface area contributed by atoms with Crippen molar-refractivity contribution in [1.29, 1.82) is 0 Å². The van der Waals surface area contributed by atoms with E-state index in [2.05, 4.69) is 12.2 Å². The second-order valence-electron chi connectivity index (χ2n) is 4.42. The van der Waals surface area contributed by atoms with E-state index in [1.165, 1.54) is 0 Å². The van der Waals surface area contributed by atoms with Crippen molar-refractivity contribution in [3.05, 3.63) is 0 Å². The second-order valence-corrected chi connectivity index (χ2v) is 4.42. The third-order valence-corrected chi connectivity index (χ3v) is 2.20. The molecule has 0 bridgehead atoms. The monoisotopic (exact) mass is 201 g/mol. The van der Waals surface area contributed by atoms with Gasteiger partial charge in [-0.15, -0.1) is 0 Å². The number of rotatable bonds is 6. The normalized spacial score (nSPS) is 13.8. The van der Waals surface area contributed by atoms with Crippen molar-refractivity contribution in [3.8, 4) is 0 Å². The van der Waals surface area contributed by atoms with E-state index in [0.29, 0.717) is 6.54 Å². The second kappa shape index (κ2) is 6.02. The van der Waals surface area contributed by atoms with Crippen LogP contribution in [0.5, 0.6) is 0 Å². The van der Waals surface area contributed by atoms with Crippen LogP contribution in [0.25, 0.3) is 0 Å². The highest BCUT2D eigenvalue weighted by Crippen LogP contribution is 2.11. The van der Waals surface area contributed by atoms with E-state index in [1.54, 1.807) is 13.8 Å². The molecule has 0 aliphatic carbocycles. The Bertz CT molecular complexity index is 173. The van der Waals surface area contributed by atoms with E-state index >= 15 is 0 Å². The molecule has 0 radical (unpaired) electrons. The van der Waals surface area contributed by atoms with Crippen LogP contribution in [0.4, 0.5) is 0 Å². The number of nitrogens with one attached hydrogen (secondary N) is 1. The van der Waals surface area contributed by atoms with E-state index < -0.39 is 5.60 Å². The molecule has 0 saturated heterocycles. The third kappa shape index (κ3) is 5.97. The van der Waals surface area contributed by atoms with Crippen molar-refractivity contribution in [2.24, 2.45) is 5.92 Å². The fraction of sp³-hybridized carbons (Fsp3) is 0.909. The fourth-order valence-electron chi connectivity index (χ4n) is 1.32. The molecule has 3 heteroatoms. The zero-order chi connectivity index (χ0) is 11.2. The zero-order valence-corrected chi connectivity index (χ0v) is 9.76. The Hall–Kier alpha value is -0.570. The topological polar surface area (TPSA) is 49.3 Å². The molecule has 2 N–H and O–H groups in total. The first-order valence-corrected chi connectivity index (χ1v) is 5.40. The van der Waals surface area contributed by atoms with Gasteiger partial charge >= 0.3 is 0 Å². The van der Waals surface area contributed by atoms with E-state index in [0.717, 1.165) is 19.3 Å². The maximum Gasteiger partial charge on any atom is 0.223 e. The van der Waals surface area contributed by atoms with Crippen molar-refractivity contribution in [2.75, 3.05) is 6.54 Å². The van der Waals surface area contributed by atoms with Crippen LogP contribution in [0.2, 0.25) is 0 Å². The molecule has 3 nitrogen and oxygen atoms in total. The third-order valence-electron chi connectivity index (χ3n) is 2.20. The maximum absolute atomic E-state index is 11.6.